The van der Waals surface area contributed by atoms with Gasteiger partial charge in [0.1, 0.15) is 5.75 Å². The molecule has 1 aromatic carbocycles. The molecule has 124 valence electrons. The van der Waals surface area contributed by atoms with E-state index in [4.69, 9.17) is 4.74 Å². The third kappa shape index (κ3) is 3.08. The topological polar surface area (TPSA) is 71.1 Å². The van der Waals surface area contributed by atoms with Crippen LogP contribution in [0, 0.1) is 0 Å². The van der Waals surface area contributed by atoms with Crippen LogP contribution in [-0.2, 0) is 4.79 Å². The van der Waals surface area contributed by atoms with Gasteiger partial charge >= 0.3 is 0 Å². The zero-order chi connectivity index (χ0) is 17.1. The molecule has 0 saturated heterocycles. The van der Waals surface area contributed by atoms with Crippen LogP contribution in [0.3, 0.4) is 0 Å². The molecule has 1 unspecified atom stereocenters. The first-order chi connectivity index (χ1) is 11.6. The predicted molar refractivity (Wildman–Crippen MR) is 93.3 cm³/mol. The fourth-order valence-electron chi connectivity index (χ4n) is 2.70. The number of methoxy groups -OCH3 is 1. The van der Waals surface area contributed by atoms with Gasteiger partial charge in [-0.05, 0) is 36.4 Å². The van der Waals surface area contributed by atoms with E-state index in [1.165, 1.54) is 0 Å². The van der Waals surface area contributed by atoms with E-state index in [9.17, 15) is 4.79 Å². The smallest absolute Gasteiger partial charge is 0.227 e. The maximum absolute atomic E-state index is 12.6. The highest BCUT2D eigenvalue weighted by Crippen LogP contribution is 2.26. The molecule has 0 spiro atoms. The molecule has 2 heterocycles. The van der Waals surface area contributed by atoms with Crippen molar-refractivity contribution in [3.05, 3.63) is 48.3 Å². The normalized spacial score (nSPS) is 12.1. The number of benzene rings is 1. The summed E-state index contributed by atoms with van der Waals surface area (Å²) >= 11 is 0. The number of anilines is 1. The van der Waals surface area contributed by atoms with E-state index in [-0.39, 0.29) is 11.8 Å². The molecular weight excluding hydrogens is 304 g/mol. The molecule has 6 heteroatoms. The molecule has 1 atom stereocenters. The van der Waals surface area contributed by atoms with Crippen LogP contribution in [0.25, 0.3) is 11.0 Å². The van der Waals surface area contributed by atoms with Crippen molar-refractivity contribution >= 4 is 22.6 Å². The second-order valence-electron chi connectivity index (χ2n) is 5.76. The van der Waals surface area contributed by atoms with E-state index < -0.39 is 0 Å². The zero-order valence-corrected chi connectivity index (χ0v) is 14.0. The molecule has 3 rings (SSSR count). The van der Waals surface area contributed by atoms with Gasteiger partial charge in [0.2, 0.25) is 5.91 Å². The van der Waals surface area contributed by atoms with Crippen molar-refractivity contribution in [2.24, 2.45) is 0 Å². The lowest BCUT2D eigenvalue weighted by Gasteiger charge is -2.19. The molecule has 0 aliphatic rings. The van der Waals surface area contributed by atoms with Gasteiger partial charge in [0, 0.05) is 36.7 Å². The van der Waals surface area contributed by atoms with Crippen LogP contribution in [0.2, 0.25) is 0 Å². The Morgan fingerprint density at radius 2 is 2.04 bits per heavy atom. The average Bonchev–Trinajstić information content (AvgIpc) is 3.05. The van der Waals surface area contributed by atoms with Crippen molar-refractivity contribution in [3.63, 3.8) is 0 Å². The van der Waals surface area contributed by atoms with Gasteiger partial charge in [-0.15, -0.1) is 0 Å². The molecule has 0 fully saturated rings. The standard InChI is InChI=1S/C18H20N4O2/c1-12(17-15-5-4-10-19-18(15)21-20-17)11-16(23)22(2)13-6-8-14(24-3)9-7-13/h4-10,12H,11H2,1-3H3,(H,19,20,21). The van der Waals surface area contributed by atoms with Gasteiger partial charge in [-0.2, -0.15) is 5.10 Å². The van der Waals surface area contributed by atoms with Gasteiger partial charge in [0.05, 0.1) is 12.8 Å². The summed E-state index contributed by atoms with van der Waals surface area (Å²) in [4.78, 5) is 18.5. The minimum atomic E-state index is -0.00357. The van der Waals surface area contributed by atoms with Crippen molar-refractivity contribution < 1.29 is 9.53 Å². The predicted octanol–water partition coefficient (Wildman–Crippen LogP) is 3.12. The molecule has 3 aromatic rings. The van der Waals surface area contributed by atoms with Crippen LogP contribution in [0.1, 0.15) is 25.0 Å². The Hall–Kier alpha value is -2.89. The van der Waals surface area contributed by atoms with Gasteiger partial charge in [-0.1, -0.05) is 6.92 Å². The molecule has 1 amide bonds. The van der Waals surface area contributed by atoms with E-state index in [0.717, 1.165) is 28.2 Å². The number of aromatic amines is 1. The molecule has 24 heavy (non-hydrogen) atoms. The van der Waals surface area contributed by atoms with Crippen molar-refractivity contribution in [1.82, 2.24) is 15.2 Å². The summed E-state index contributed by atoms with van der Waals surface area (Å²) in [5.41, 5.74) is 2.45. The first-order valence-electron chi connectivity index (χ1n) is 7.79. The van der Waals surface area contributed by atoms with Gasteiger partial charge in [-0.25, -0.2) is 4.98 Å². The van der Waals surface area contributed by atoms with E-state index in [1.54, 1.807) is 25.3 Å². The minimum Gasteiger partial charge on any atom is -0.497 e. The van der Waals surface area contributed by atoms with E-state index >= 15 is 0 Å². The molecule has 0 aliphatic heterocycles. The number of hydrogen-bond acceptors (Lipinski definition) is 4. The number of ether oxygens (including phenoxy) is 1. The Morgan fingerprint density at radius 3 is 2.75 bits per heavy atom. The van der Waals surface area contributed by atoms with Crippen LogP contribution in [0.5, 0.6) is 5.75 Å². The highest BCUT2D eigenvalue weighted by Gasteiger charge is 2.20. The maximum atomic E-state index is 12.6. The summed E-state index contributed by atoms with van der Waals surface area (Å²) in [5, 5.41) is 8.21. The number of amides is 1. The Labute approximate surface area is 140 Å². The van der Waals surface area contributed by atoms with Crippen molar-refractivity contribution in [2.45, 2.75) is 19.3 Å². The van der Waals surface area contributed by atoms with E-state index in [0.29, 0.717) is 6.42 Å². The van der Waals surface area contributed by atoms with Crippen LogP contribution in [0.4, 0.5) is 5.69 Å². The SMILES string of the molecule is COc1ccc(N(C)C(=O)CC(C)c2n[nH]c3ncccc23)cc1. The van der Waals surface area contributed by atoms with Crippen LogP contribution >= 0.6 is 0 Å². The van der Waals surface area contributed by atoms with Gasteiger partial charge < -0.3 is 9.64 Å². The number of fused-ring (bicyclic) bond motifs is 1. The average molecular weight is 324 g/mol. The molecule has 1 N–H and O–H groups in total. The number of pyridine rings is 1. The number of rotatable bonds is 5. The summed E-state index contributed by atoms with van der Waals surface area (Å²) in [6, 6.07) is 11.3. The maximum Gasteiger partial charge on any atom is 0.227 e. The van der Waals surface area contributed by atoms with Crippen LogP contribution in [0.15, 0.2) is 42.6 Å². The molecular formula is C18H20N4O2. The molecule has 0 aliphatic carbocycles. The number of carbonyl (C=O) groups excluding carboxylic acids is 1. The van der Waals surface area contributed by atoms with E-state index in [2.05, 4.69) is 15.2 Å². The lowest BCUT2D eigenvalue weighted by molar-refractivity contribution is -0.118. The lowest BCUT2D eigenvalue weighted by Crippen LogP contribution is -2.27. The minimum absolute atomic E-state index is 0.00357. The molecule has 0 bridgehead atoms. The first-order valence-corrected chi connectivity index (χ1v) is 7.79. The summed E-state index contributed by atoms with van der Waals surface area (Å²) in [5.74, 6) is 0.798. The van der Waals surface area contributed by atoms with Gasteiger partial charge in [-0.3, -0.25) is 9.89 Å². The first kappa shape index (κ1) is 16.0. The third-order valence-corrected chi connectivity index (χ3v) is 4.15. The monoisotopic (exact) mass is 324 g/mol. The number of hydrogen-bond donors (Lipinski definition) is 1. The highest BCUT2D eigenvalue weighted by molar-refractivity contribution is 5.93. The second kappa shape index (κ2) is 6.70. The second-order valence-corrected chi connectivity index (χ2v) is 5.76. The van der Waals surface area contributed by atoms with Crippen molar-refractivity contribution in [1.29, 1.82) is 0 Å². The third-order valence-electron chi connectivity index (χ3n) is 4.15. The summed E-state index contributed by atoms with van der Waals surface area (Å²) in [6.07, 6.45) is 2.09. The Kier molecular flexibility index (Phi) is 4.46. The fourth-order valence-corrected chi connectivity index (χ4v) is 2.70. The fraction of sp³-hybridized carbons (Fsp3) is 0.278. The number of H-pyrrole nitrogens is 1. The summed E-state index contributed by atoms with van der Waals surface area (Å²) < 4.78 is 5.14. The molecule has 0 radical (unpaired) electrons. The summed E-state index contributed by atoms with van der Waals surface area (Å²) in [7, 11) is 3.40. The van der Waals surface area contributed by atoms with E-state index in [1.807, 2.05) is 43.3 Å². The van der Waals surface area contributed by atoms with Gasteiger partial charge in [0.15, 0.2) is 5.65 Å². The zero-order valence-electron chi connectivity index (χ0n) is 14.0. The quantitative estimate of drug-likeness (QED) is 0.783. The van der Waals surface area contributed by atoms with Crippen molar-refractivity contribution in [3.8, 4) is 5.75 Å². The van der Waals surface area contributed by atoms with Crippen LogP contribution in [-0.4, -0.2) is 35.2 Å². The van der Waals surface area contributed by atoms with Crippen molar-refractivity contribution in [2.75, 3.05) is 19.1 Å². The largest absolute Gasteiger partial charge is 0.497 e. The molecule has 6 nitrogen and oxygen atoms in total. The summed E-state index contributed by atoms with van der Waals surface area (Å²) in [6.45, 7) is 2.00. The number of nitrogens with zero attached hydrogens (tertiary/aromatic N) is 3. The van der Waals surface area contributed by atoms with Gasteiger partial charge in [0.25, 0.3) is 0 Å². The number of aromatic nitrogens is 3. The molecule has 0 saturated carbocycles. The Bertz CT molecular complexity index is 842. The Balaban J connectivity index is 1.73. The number of nitrogens with one attached hydrogen (secondary N) is 1. The molecule has 2 aromatic heterocycles. The van der Waals surface area contributed by atoms with Crippen LogP contribution < -0.4 is 9.64 Å². The Morgan fingerprint density at radius 1 is 1.29 bits per heavy atom. The number of carbonyl (C=O) groups is 1. The lowest BCUT2D eigenvalue weighted by atomic mass is 10.0. The highest BCUT2D eigenvalue weighted by atomic mass is 16.5.